The Hall–Kier alpha value is -2.54. The van der Waals surface area contributed by atoms with Crippen molar-refractivity contribution in [3.8, 4) is 6.07 Å². The number of amides is 1. The molecule has 1 saturated carbocycles. The number of nitrogens with zero attached hydrogens (tertiary/aromatic N) is 2. The van der Waals surface area contributed by atoms with Crippen molar-refractivity contribution in [3.63, 3.8) is 0 Å². The predicted molar refractivity (Wildman–Crippen MR) is 98.6 cm³/mol. The molecule has 1 amide bonds. The van der Waals surface area contributed by atoms with Gasteiger partial charge >= 0.3 is 0 Å². The van der Waals surface area contributed by atoms with Crippen LogP contribution in [0.15, 0.2) is 36.0 Å². The zero-order valence-electron chi connectivity index (χ0n) is 14.4. The molecule has 0 spiro atoms. The average molecular weight is 333 g/mol. The summed E-state index contributed by atoms with van der Waals surface area (Å²) in [5.41, 5.74) is 2.16. The van der Waals surface area contributed by atoms with Crippen LogP contribution in [0.25, 0.3) is 17.0 Å². The Kier molecular flexibility index (Phi) is 4.31. The van der Waals surface area contributed by atoms with Crippen LogP contribution in [0.3, 0.4) is 0 Å². The minimum atomic E-state index is -0.0932. The topological polar surface area (TPSA) is 59.9 Å². The number of carbonyl (C=O) groups excluding carboxylic acids is 1. The summed E-state index contributed by atoms with van der Waals surface area (Å²) in [4.78, 5) is 18.3. The maximum atomic E-state index is 13.1. The fourth-order valence-corrected chi connectivity index (χ4v) is 4.54. The Bertz CT molecular complexity index is 855. The van der Waals surface area contributed by atoms with Crippen molar-refractivity contribution >= 4 is 22.9 Å². The fraction of sp³-hybridized carbons (Fsp3) is 0.429. The average Bonchev–Trinajstić information content (AvgIpc) is 3.08. The summed E-state index contributed by atoms with van der Waals surface area (Å²) < 4.78 is 0. The number of carbonyl (C=O) groups is 1. The Morgan fingerprint density at radius 1 is 1.20 bits per heavy atom. The van der Waals surface area contributed by atoms with E-state index in [4.69, 9.17) is 0 Å². The number of rotatable bonds is 2. The number of aromatic amines is 1. The number of piperidine rings is 1. The lowest BCUT2D eigenvalue weighted by Crippen LogP contribution is -2.50. The minimum Gasteiger partial charge on any atom is -0.361 e. The van der Waals surface area contributed by atoms with Gasteiger partial charge in [-0.15, -0.1) is 0 Å². The molecule has 1 aliphatic carbocycles. The number of aromatic nitrogens is 1. The van der Waals surface area contributed by atoms with Crippen molar-refractivity contribution in [3.05, 3.63) is 41.6 Å². The summed E-state index contributed by atoms with van der Waals surface area (Å²) in [7, 11) is 0. The van der Waals surface area contributed by atoms with Crippen molar-refractivity contribution in [1.29, 1.82) is 5.26 Å². The smallest absolute Gasteiger partial charge is 0.264 e. The summed E-state index contributed by atoms with van der Waals surface area (Å²) in [6.07, 6.45) is 10.7. The molecule has 0 bridgehead atoms. The summed E-state index contributed by atoms with van der Waals surface area (Å²) in [6.45, 7) is 0.785. The monoisotopic (exact) mass is 333 g/mol. The van der Waals surface area contributed by atoms with E-state index in [2.05, 4.69) is 11.1 Å². The molecule has 1 aromatic carbocycles. The molecule has 1 aromatic heterocycles. The zero-order valence-corrected chi connectivity index (χ0v) is 14.4. The molecule has 25 heavy (non-hydrogen) atoms. The van der Waals surface area contributed by atoms with Crippen LogP contribution in [0, 0.1) is 17.2 Å². The number of benzene rings is 1. The molecule has 2 fully saturated rings. The van der Waals surface area contributed by atoms with Crippen LogP contribution in [-0.4, -0.2) is 28.4 Å². The molecule has 2 heterocycles. The van der Waals surface area contributed by atoms with Crippen LogP contribution in [0.2, 0.25) is 0 Å². The first-order valence-corrected chi connectivity index (χ1v) is 9.27. The van der Waals surface area contributed by atoms with Gasteiger partial charge in [-0.3, -0.25) is 4.79 Å². The van der Waals surface area contributed by atoms with Gasteiger partial charge in [-0.1, -0.05) is 31.0 Å². The van der Waals surface area contributed by atoms with Gasteiger partial charge in [0.15, 0.2) is 0 Å². The molecule has 1 N–H and O–H groups in total. The van der Waals surface area contributed by atoms with Gasteiger partial charge in [0.1, 0.15) is 11.6 Å². The highest BCUT2D eigenvalue weighted by Crippen LogP contribution is 2.36. The molecule has 4 nitrogen and oxygen atoms in total. The van der Waals surface area contributed by atoms with Gasteiger partial charge in [0.05, 0.1) is 0 Å². The van der Waals surface area contributed by atoms with Crippen LogP contribution in [0.4, 0.5) is 0 Å². The number of nitrogens with one attached hydrogen (secondary N) is 1. The summed E-state index contributed by atoms with van der Waals surface area (Å²) in [5.74, 6) is 0.531. The Morgan fingerprint density at radius 3 is 2.88 bits per heavy atom. The standard InChI is InChI=1S/C21H23N3O/c22-13-16(12-17-14-23-19-9-3-2-8-18(17)19)21(25)24-11-5-7-15-6-1-4-10-20(15)24/h2-3,8-9,12,14-15,20,23H,1,4-7,10-11H2/b16-12-. The number of fused-ring (bicyclic) bond motifs is 2. The molecule has 4 rings (SSSR count). The third kappa shape index (κ3) is 2.95. The van der Waals surface area contributed by atoms with E-state index in [9.17, 15) is 10.1 Å². The molecule has 1 aliphatic heterocycles. The zero-order chi connectivity index (χ0) is 17.2. The predicted octanol–water partition coefficient (Wildman–Crippen LogP) is 4.26. The SMILES string of the molecule is N#C/C(=C/c1c[nH]c2ccccc12)C(=O)N1CCCC2CCCCC21. The quantitative estimate of drug-likeness (QED) is 0.659. The number of nitriles is 1. The fourth-order valence-electron chi connectivity index (χ4n) is 4.54. The van der Waals surface area contributed by atoms with Crippen LogP contribution < -0.4 is 0 Å². The van der Waals surface area contributed by atoms with Gasteiger partial charge in [-0.25, -0.2) is 0 Å². The molecule has 4 heteroatoms. The van der Waals surface area contributed by atoms with Crippen molar-refractivity contribution in [2.45, 2.75) is 44.6 Å². The van der Waals surface area contributed by atoms with Crippen LogP contribution >= 0.6 is 0 Å². The van der Waals surface area contributed by atoms with Gasteiger partial charge in [0, 0.05) is 35.2 Å². The van der Waals surface area contributed by atoms with E-state index in [1.54, 1.807) is 6.08 Å². The molecular formula is C21H23N3O. The van der Waals surface area contributed by atoms with Crippen molar-refractivity contribution in [2.75, 3.05) is 6.54 Å². The lowest BCUT2D eigenvalue weighted by atomic mass is 9.78. The minimum absolute atomic E-state index is 0.0932. The molecule has 2 aliphatic rings. The first kappa shape index (κ1) is 16.0. The van der Waals surface area contributed by atoms with Crippen molar-refractivity contribution in [2.24, 2.45) is 5.92 Å². The molecule has 0 radical (unpaired) electrons. The molecule has 128 valence electrons. The maximum absolute atomic E-state index is 13.1. The first-order chi connectivity index (χ1) is 12.3. The van der Waals surface area contributed by atoms with Crippen molar-refractivity contribution < 1.29 is 4.79 Å². The number of H-pyrrole nitrogens is 1. The highest BCUT2D eigenvalue weighted by Gasteiger charge is 2.36. The van der Waals surface area contributed by atoms with Gasteiger partial charge in [-0.05, 0) is 43.7 Å². The maximum Gasteiger partial charge on any atom is 0.264 e. The van der Waals surface area contributed by atoms with Gasteiger partial charge in [0.2, 0.25) is 0 Å². The van der Waals surface area contributed by atoms with Crippen molar-refractivity contribution in [1.82, 2.24) is 9.88 Å². The second-order valence-electron chi connectivity index (χ2n) is 7.21. The van der Waals surface area contributed by atoms with E-state index in [0.717, 1.165) is 35.9 Å². The second-order valence-corrected chi connectivity index (χ2v) is 7.21. The van der Waals surface area contributed by atoms with E-state index in [1.165, 1.54) is 25.7 Å². The Morgan fingerprint density at radius 2 is 2.00 bits per heavy atom. The van der Waals surface area contributed by atoms with Crippen LogP contribution in [0.5, 0.6) is 0 Å². The normalized spacial score (nSPS) is 24.0. The molecular weight excluding hydrogens is 310 g/mol. The summed E-state index contributed by atoms with van der Waals surface area (Å²) >= 11 is 0. The summed E-state index contributed by atoms with van der Waals surface area (Å²) in [6, 6.07) is 10.4. The van der Waals surface area contributed by atoms with E-state index in [-0.39, 0.29) is 11.5 Å². The Balaban J connectivity index is 1.64. The number of hydrogen-bond acceptors (Lipinski definition) is 2. The van der Waals surface area contributed by atoms with Crippen LogP contribution in [-0.2, 0) is 4.79 Å². The highest BCUT2D eigenvalue weighted by atomic mass is 16.2. The van der Waals surface area contributed by atoms with E-state index in [1.807, 2.05) is 35.4 Å². The van der Waals surface area contributed by atoms with E-state index < -0.39 is 0 Å². The van der Waals surface area contributed by atoms with E-state index >= 15 is 0 Å². The third-order valence-corrected chi connectivity index (χ3v) is 5.78. The van der Waals surface area contributed by atoms with E-state index in [0.29, 0.717) is 12.0 Å². The second kappa shape index (κ2) is 6.76. The van der Waals surface area contributed by atoms with Gasteiger partial charge < -0.3 is 9.88 Å². The third-order valence-electron chi connectivity index (χ3n) is 5.78. The lowest BCUT2D eigenvalue weighted by Gasteiger charge is -2.44. The molecule has 2 atom stereocenters. The van der Waals surface area contributed by atoms with Gasteiger partial charge in [-0.2, -0.15) is 5.26 Å². The number of likely N-dealkylation sites (tertiary alicyclic amines) is 1. The molecule has 2 aromatic rings. The lowest BCUT2D eigenvalue weighted by molar-refractivity contribution is -0.132. The highest BCUT2D eigenvalue weighted by molar-refractivity contribution is 6.04. The largest absolute Gasteiger partial charge is 0.361 e. The Labute approximate surface area is 148 Å². The number of hydrogen-bond donors (Lipinski definition) is 1. The summed E-state index contributed by atoms with van der Waals surface area (Å²) in [5, 5.41) is 10.7. The molecule has 2 unspecified atom stereocenters. The van der Waals surface area contributed by atoms with Gasteiger partial charge in [0.25, 0.3) is 5.91 Å². The molecule has 1 saturated heterocycles. The first-order valence-electron chi connectivity index (χ1n) is 9.27. The number of para-hydroxylation sites is 1. The van der Waals surface area contributed by atoms with Crippen LogP contribution in [0.1, 0.15) is 44.1 Å².